The summed E-state index contributed by atoms with van der Waals surface area (Å²) < 4.78 is 27.6. The van der Waals surface area contributed by atoms with E-state index < -0.39 is 42.1 Å². The Morgan fingerprint density at radius 2 is 1.76 bits per heavy atom. The van der Waals surface area contributed by atoms with Gasteiger partial charge in [-0.1, -0.05) is 11.6 Å². The van der Waals surface area contributed by atoms with Crippen molar-refractivity contribution in [3.8, 4) is 28.6 Å². The summed E-state index contributed by atoms with van der Waals surface area (Å²) in [5, 5.41) is 39.9. The molecule has 1 unspecified atom stereocenters. The first kappa shape index (κ1) is 22.2. The Kier molecular flexibility index (Phi) is 5.41. The van der Waals surface area contributed by atoms with Crippen LogP contribution in [0.1, 0.15) is 5.56 Å². The van der Waals surface area contributed by atoms with E-state index in [-0.39, 0.29) is 29.3 Å². The van der Waals surface area contributed by atoms with E-state index in [4.69, 9.17) is 23.4 Å². The van der Waals surface area contributed by atoms with Crippen LogP contribution in [-0.2, 0) is 9.53 Å². The Labute approximate surface area is 191 Å². The summed E-state index contributed by atoms with van der Waals surface area (Å²) in [4.78, 5) is 24.9. The average molecular weight is 472 g/mol. The molecule has 0 spiro atoms. The van der Waals surface area contributed by atoms with E-state index in [0.717, 1.165) is 5.56 Å². The van der Waals surface area contributed by atoms with Crippen molar-refractivity contribution in [2.45, 2.75) is 37.6 Å². The second-order valence-electron chi connectivity index (χ2n) is 8.01. The Hall–Kier alpha value is -3.64. The van der Waals surface area contributed by atoms with Crippen LogP contribution in [0.25, 0.3) is 22.3 Å². The molecule has 1 fully saturated rings. The number of carboxylic acids is 1. The predicted octanol–water partition coefficient (Wildman–Crippen LogP) is 0.768. The number of carboxylic acid groups (broad SMARTS) is 1. The molecule has 11 heteroatoms. The number of aryl methyl sites for hydroxylation is 1. The van der Waals surface area contributed by atoms with Gasteiger partial charge in [-0.2, -0.15) is 0 Å². The first-order chi connectivity index (χ1) is 16.2. The lowest BCUT2D eigenvalue weighted by Gasteiger charge is -2.38. The van der Waals surface area contributed by atoms with E-state index in [1.54, 1.807) is 43.3 Å². The molecule has 34 heavy (non-hydrogen) atoms. The number of fused-ring (bicyclic) bond motifs is 2. The van der Waals surface area contributed by atoms with Gasteiger partial charge in [0, 0.05) is 5.56 Å². The normalized spacial score (nSPS) is 25.9. The molecule has 11 nitrogen and oxygen atoms in total. The van der Waals surface area contributed by atoms with Crippen LogP contribution in [-0.4, -0.2) is 63.9 Å². The van der Waals surface area contributed by atoms with Crippen molar-refractivity contribution in [1.29, 1.82) is 0 Å². The molecular formula is C23H20O11. The van der Waals surface area contributed by atoms with Crippen LogP contribution in [0.2, 0.25) is 0 Å². The second-order valence-corrected chi connectivity index (χ2v) is 8.01. The Bertz CT molecular complexity index is 1330. The van der Waals surface area contributed by atoms with Crippen LogP contribution in [0.15, 0.2) is 45.6 Å². The number of hydrogen-bond donors (Lipinski definition) is 4. The van der Waals surface area contributed by atoms with Gasteiger partial charge in [0.15, 0.2) is 23.4 Å². The van der Waals surface area contributed by atoms with Gasteiger partial charge in [0.05, 0.1) is 5.39 Å². The molecular weight excluding hydrogens is 452 g/mol. The van der Waals surface area contributed by atoms with E-state index in [2.05, 4.69) is 0 Å². The van der Waals surface area contributed by atoms with E-state index in [0.29, 0.717) is 17.1 Å². The van der Waals surface area contributed by atoms with Gasteiger partial charge >= 0.3 is 5.97 Å². The highest BCUT2D eigenvalue weighted by atomic mass is 16.7. The lowest BCUT2D eigenvalue weighted by molar-refractivity contribution is -0.271. The van der Waals surface area contributed by atoms with Gasteiger partial charge in [0.25, 0.3) is 0 Å². The summed E-state index contributed by atoms with van der Waals surface area (Å²) in [5.41, 5.74) is 0.806. The zero-order valence-corrected chi connectivity index (χ0v) is 17.7. The smallest absolute Gasteiger partial charge is 0.335 e. The largest absolute Gasteiger partial charge is 0.479 e. The molecule has 2 aromatic carbocycles. The fourth-order valence-electron chi connectivity index (χ4n) is 3.89. The minimum atomic E-state index is -1.91. The van der Waals surface area contributed by atoms with E-state index in [1.807, 2.05) is 0 Å². The molecule has 1 aromatic heterocycles. The van der Waals surface area contributed by atoms with Crippen molar-refractivity contribution in [2.75, 3.05) is 6.79 Å². The summed E-state index contributed by atoms with van der Waals surface area (Å²) in [6.45, 7) is 1.82. The van der Waals surface area contributed by atoms with E-state index in [1.165, 1.54) is 0 Å². The molecule has 0 radical (unpaired) electrons. The summed E-state index contributed by atoms with van der Waals surface area (Å²) in [7, 11) is 0. The third-order valence-corrected chi connectivity index (χ3v) is 5.69. The van der Waals surface area contributed by atoms with Crippen molar-refractivity contribution in [3.63, 3.8) is 0 Å². The van der Waals surface area contributed by atoms with Gasteiger partial charge in [-0.25, -0.2) is 4.79 Å². The van der Waals surface area contributed by atoms with Crippen LogP contribution in [0.5, 0.6) is 17.2 Å². The van der Waals surface area contributed by atoms with Gasteiger partial charge < -0.3 is 43.8 Å². The molecule has 4 N–H and O–H groups in total. The number of carbonyl (C=O) groups is 1. The zero-order chi connectivity index (χ0) is 24.1. The summed E-state index contributed by atoms with van der Waals surface area (Å²) in [6, 6.07) is 9.78. The van der Waals surface area contributed by atoms with Crippen molar-refractivity contribution in [1.82, 2.24) is 0 Å². The zero-order valence-electron chi connectivity index (χ0n) is 17.7. The molecule has 0 bridgehead atoms. The first-order valence-corrected chi connectivity index (χ1v) is 10.3. The maximum absolute atomic E-state index is 13.4. The Balaban J connectivity index is 1.64. The quantitative estimate of drug-likeness (QED) is 0.424. The van der Waals surface area contributed by atoms with Crippen molar-refractivity contribution < 1.29 is 48.6 Å². The summed E-state index contributed by atoms with van der Waals surface area (Å²) in [6.07, 6.45) is -9.35. The van der Waals surface area contributed by atoms with Gasteiger partial charge in [-0.05, 0) is 37.3 Å². The number of aliphatic carboxylic acids is 1. The molecule has 2 aliphatic rings. The number of rotatable bonds is 4. The van der Waals surface area contributed by atoms with Crippen LogP contribution < -0.4 is 19.6 Å². The first-order valence-electron chi connectivity index (χ1n) is 10.3. The van der Waals surface area contributed by atoms with Gasteiger partial charge in [-0.15, -0.1) is 0 Å². The number of ether oxygens (including phenoxy) is 4. The topological polar surface area (TPSA) is 165 Å². The monoisotopic (exact) mass is 472 g/mol. The second kappa shape index (κ2) is 8.29. The third kappa shape index (κ3) is 3.64. The van der Waals surface area contributed by atoms with Crippen molar-refractivity contribution in [2.24, 2.45) is 0 Å². The SMILES string of the molecule is Cc1ccc2oc(-c3ccc4c(c3)OCO4)c(OC3O[C@H](C(=O)O)[C@@H](O)[C@H](O)[C@H]3O)c(=O)c2c1. The van der Waals surface area contributed by atoms with Crippen LogP contribution in [0, 0.1) is 6.92 Å². The number of benzene rings is 2. The fourth-order valence-corrected chi connectivity index (χ4v) is 3.89. The number of hydrogen-bond acceptors (Lipinski definition) is 10. The highest BCUT2D eigenvalue weighted by Crippen LogP contribution is 2.39. The molecule has 5 rings (SSSR count). The Morgan fingerprint density at radius 3 is 2.53 bits per heavy atom. The van der Waals surface area contributed by atoms with Gasteiger partial charge in [0.1, 0.15) is 23.9 Å². The molecule has 2 aliphatic heterocycles. The molecule has 0 aliphatic carbocycles. The van der Waals surface area contributed by atoms with Gasteiger partial charge in [-0.3, -0.25) is 4.79 Å². The average Bonchev–Trinajstić information content (AvgIpc) is 3.29. The maximum Gasteiger partial charge on any atom is 0.335 e. The van der Waals surface area contributed by atoms with Crippen molar-refractivity contribution in [3.05, 3.63) is 52.2 Å². The Morgan fingerprint density at radius 1 is 1.00 bits per heavy atom. The van der Waals surface area contributed by atoms with Crippen LogP contribution in [0.3, 0.4) is 0 Å². The molecule has 178 valence electrons. The van der Waals surface area contributed by atoms with E-state index in [9.17, 15) is 30.0 Å². The summed E-state index contributed by atoms with van der Waals surface area (Å²) in [5.74, 6) is -1.09. The van der Waals surface area contributed by atoms with Crippen LogP contribution >= 0.6 is 0 Å². The predicted molar refractivity (Wildman–Crippen MR) is 114 cm³/mol. The molecule has 3 heterocycles. The molecule has 0 saturated carbocycles. The molecule has 1 saturated heterocycles. The number of aliphatic hydroxyl groups excluding tert-OH is 3. The highest BCUT2D eigenvalue weighted by molar-refractivity contribution is 5.83. The lowest BCUT2D eigenvalue weighted by atomic mass is 9.99. The van der Waals surface area contributed by atoms with E-state index >= 15 is 0 Å². The standard InChI is InChI=1S/C23H20O11/c1-9-2-4-12-11(6-9)15(24)20(19(32-12)10-3-5-13-14(7-10)31-8-30-13)33-23-18(27)16(25)17(26)21(34-23)22(28)29/h2-7,16-18,21,23,25-27H,8H2,1H3,(H,28,29)/t16-,17-,18+,21-,23?/m0/s1. The van der Waals surface area contributed by atoms with Crippen molar-refractivity contribution >= 4 is 16.9 Å². The highest BCUT2D eigenvalue weighted by Gasteiger charge is 2.48. The molecule has 5 atom stereocenters. The minimum absolute atomic E-state index is 0.0297. The minimum Gasteiger partial charge on any atom is -0.479 e. The third-order valence-electron chi connectivity index (χ3n) is 5.69. The molecule has 0 amide bonds. The maximum atomic E-state index is 13.4. The van der Waals surface area contributed by atoms with Crippen LogP contribution in [0.4, 0.5) is 0 Å². The summed E-state index contributed by atoms with van der Waals surface area (Å²) >= 11 is 0. The number of aliphatic hydroxyl groups is 3. The lowest BCUT2D eigenvalue weighted by Crippen LogP contribution is -2.61. The molecule has 3 aromatic rings. The van der Waals surface area contributed by atoms with Gasteiger partial charge in [0.2, 0.25) is 24.3 Å². The fraction of sp³-hybridized carbons (Fsp3) is 0.304.